The highest BCUT2D eigenvalue weighted by Gasteiger charge is 2.14. The quantitative estimate of drug-likeness (QED) is 0.631. The molecular formula is C16H20O3. The number of carbonyl (C=O) groups is 2. The molecule has 0 saturated carbocycles. The Morgan fingerprint density at radius 3 is 1.89 bits per heavy atom. The van der Waals surface area contributed by atoms with E-state index in [4.69, 9.17) is 5.11 Å². The van der Waals surface area contributed by atoms with Gasteiger partial charge in [0.25, 0.3) is 0 Å². The Kier molecular flexibility index (Phi) is 5.49. The van der Waals surface area contributed by atoms with Gasteiger partial charge in [0.2, 0.25) is 0 Å². The summed E-state index contributed by atoms with van der Waals surface area (Å²) in [7, 11) is 0. The van der Waals surface area contributed by atoms with E-state index in [1.807, 2.05) is 26.0 Å². The minimum atomic E-state index is -1.10. The molecule has 1 aromatic rings. The zero-order valence-electron chi connectivity index (χ0n) is 11.7. The number of allylic oxidation sites excluding steroid dienone is 1. The van der Waals surface area contributed by atoms with Gasteiger partial charge in [0.1, 0.15) is 0 Å². The second-order valence-corrected chi connectivity index (χ2v) is 4.39. The van der Waals surface area contributed by atoms with Crippen molar-refractivity contribution in [2.24, 2.45) is 0 Å². The normalized spacial score (nSPS) is 10.9. The first-order chi connectivity index (χ1) is 9.03. The molecule has 3 heteroatoms. The van der Waals surface area contributed by atoms with E-state index in [0.717, 1.165) is 42.5 Å². The van der Waals surface area contributed by atoms with Gasteiger partial charge in [-0.3, -0.25) is 4.79 Å². The smallest absolute Gasteiger partial charge is 0.328 e. The number of ketones is 1. The monoisotopic (exact) mass is 260 g/mol. The maximum absolute atomic E-state index is 12.2. The van der Waals surface area contributed by atoms with E-state index in [0.29, 0.717) is 5.56 Å². The van der Waals surface area contributed by atoms with Crippen LogP contribution in [0.3, 0.4) is 0 Å². The molecule has 0 heterocycles. The Bertz CT molecular complexity index is 488. The van der Waals surface area contributed by atoms with Gasteiger partial charge in [-0.05, 0) is 42.0 Å². The molecule has 1 N–H and O–H groups in total. The van der Waals surface area contributed by atoms with Crippen LogP contribution in [0.2, 0.25) is 0 Å². The molecule has 1 rings (SSSR count). The summed E-state index contributed by atoms with van der Waals surface area (Å²) in [5.41, 5.74) is 3.87. The summed E-state index contributed by atoms with van der Waals surface area (Å²) in [6.07, 6.45) is 4.50. The summed E-state index contributed by atoms with van der Waals surface area (Å²) in [5, 5.41) is 8.61. The molecule has 0 radical (unpaired) electrons. The molecule has 0 atom stereocenters. The van der Waals surface area contributed by atoms with E-state index in [9.17, 15) is 9.59 Å². The first kappa shape index (κ1) is 15.2. The highest BCUT2D eigenvalue weighted by molar-refractivity contribution is 6.08. The third-order valence-corrected chi connectivity index (χ3v) is 3.16. The predicted molar refractivity (Wildman–Crippen MR) is 75.7 cm³/mol. The second kappa shape index (κ2) is 6.88. The predicted octanol–water partition coefficient (Wildman–Crippen LogP) is 3.20. The van der Waals surface area contributed by atoms with E-state index in [1.54, 1.807) is 0 Å². The van der Waals surface area contributed by atoms with Gasteiger partial charge in [-0.1, -0.05) is 32.9 Å². The summed E-state index contributed by atoms with van der Waals surface area (Å²) in [6.45, 7) is 6.10. The Morgan fingerprint density at radius 2 is 1.53 bits per heavy atom. The van der Waals surface area contributed by atoms with Crippen molar-refractivity contribution in [1.82, 2.24) is 0 Å². The molecular weight excluding hydrogens is 240 g/mol. The van der Waals surface area contributed by atoms with Crippen molar-refractivity contribution in [1.29, 1.82) is 0 Å². The molecule has 0 aliphatic heterocycles. The maximum Gasteiger partial charge on any atom is 0.328 e. The summed E-state index contributed by atoms with van der Waals surface area (Å²) in [6, 6.07) is 4.09. The van der Waals surface area contributed by atoms with Crippen LogP contribution in [0.1, 0.15) is 47.8 Å². The second-order valence-electron chi connectivity index (χ2n) is 4.39. The van der Waals surface area contributed by atoms with Gasteiger partial charge in [0.05, 0.1) is 0 Å². The molecule has 0 spiro atoms. The fourth-order valence-corrected chi connectivity index (χ4v) is 2.15. The van der Waals surface area contributed by atoms with Gasteiger partial charge in [-0.15, -0.1) is 0 Å². The van der Waals surface area contributed by atoms with Gasteiger partial charge in [0.15, 0.2) is 5.78 Å². The van der Waals surface area contributed by atoms with Crippen molar-refractivity contribution in [3.8, 4) is 0 Å². The van der Waals surface area contributed by atoms with Crippen molar-refractivity contribution in [3.05, 3.63) is 46.5 Å². The first-order valence-corrected chi connectivity index (χ1v) is 6.63. The van der Waals surface area contributed by atoms with Gasteiger partial charge < -0.3 is 5.11 Å². The van der Waals surface area contributed by atoms with Crippen LogP contribution >= 0.6 is 0 Å². The Morgan fingerprint density at radius 1 is 1.00 bits per heavy atom. The summed E-state index contributed by atoms with van der Waals surface area (Å²) < 4.78 is 0. The average molecular weight is 260 g/mol. The molecule has 1 aromatic carbocycles. The zero-order valence-corrected chi connectivity index (χ0v) is 11.7. The lowest BCUT2D eigenvalue weighted by Crippen LogP contribution is -2.07. The van der Waals surface area contributed by atoms with Crippen LogP contribution in [-0.2, 0) is 24.1 Å². The molecule has 0 aliphatic carbocycles. The molecule has 3 nitrogen and oxygen atoms in total. The SMILES string of the molecule is CCc1cc(CC)c(C(=O)/C=C/C(=O)O)c(CC)c1. The van der Waals surface area contributed by atoms with Crippen molar-refractivity contribution in [3.63, 3.8) is 0 Å². The number of aliphatic carboxylic acids is 1. The molecule has 0 amide bonds. The van der Waals surface area contributed by atoms with E-state index < -0.39 is 5.97 Å². The van der Waals surface area contributed by atoms with E-state index >= 15 is 0 Å². The van der Waals surface area contributed by atoms with Crippen LogP contribution in [-0.4, -0.2) is 16.9 Å². The number of aryl methyl sites for hydroxylation is 3. The van der Waals surface area contributed by atoms with E-state index in [-0.39, 0.29) is 5.78 Å². The van der Waals surface area contributed by atoms with Crippen molar-refractivity contribution >= 4 is 11.8 Å². The number of hydrogen-bond donors (Lipinski definition) is 1. The van der Waals surface area contributed by atoms with Crippen LogP contribution in [0.25, 0.3) is 0 Å². The Balaban J connectivity index is 3.31. The van der Waals surface area contributed by atoms with Crippen LogP contribution in [0.5, 0.6) is 0 Å². The summed E-state index contributed by atoms with van der Waals surface area (Å²) >= 11 is 0. The van der Waals surface area contributed by atoms with Crippen molar-refractivity contribution < 1.29 is 14.7 Å². The van der Waals surface area contributed by atoms with Crippen LogP contribution < -0.4 is 0 Å². The molecule has 19 heavy (non-hydrogen) atoms. The number of hydrogen-bond acceptors (Lipinski definition) is 2. The van der Waals surface area contributed by atoms with Gasteiger partial charge in [-0.2, -0.15) is 0 Å². The van der Waals surface area contributed by atoms with Gasteiger partial charge >= 0.3 is 5.97 Å². The van der Waals surface area contributed by atoms with E-state index in [1.165, 1.54) is 5.56 Å². The summed E-state index contributed by atoms with van der Waals surface area (Å²) in [5.74, 6) is -1.33. The number of carboxylic acid groups (broad SMARTS) is 1. The van der Waals surface area contributed by atoms with E-state index in [2.05, 4.69) is 6.92 Å². The van der Waals surface area contributed by atoms with Gasteiger partial charge in [0, 0.05) is 11.6 Å². The molecule has 0 aliphatic rings. The van der Waals surface area contributed by atoms with Gasteiger partial charge in [-0.25, -0.2) is 4.79 Å². The molecule has 0 bridgehead atoms. The number of carbonyl (C=O) groups excluding carboxylic acids is 1. The first-order valence-electron chi connectivity index (χ1n) is 6.63. The van der Waals surface area contributed by atoms with Crippen molar-refractivity contribution in [2.75, 3.05) is 0 Å². The Hall–Kier alpha value is -1.90. The highest BCUT2D eigenvalue weighted by Crippen LogP contribution is 2.21. The van der Waals surface area contributed by atoms with Crippen LogP contribution in [0, 0.1) is 0 Å². The Labute approximate surface area is 114 Å². The van der Waals surface area contributed by atoms with Crippen molar-refractivity contribution in [2.45, 2.75) is 40.0 Å². The number of carboxylic acids is 1. The topological polar surface area (TPSA) is 54.4 Å². The lowest BCUT2D eigenvalue weighted by Gasteiger charge is -2.13. The van der Waals surface area contributed by atoms with Crippen LogP contribution in [0.15, 0.2) is 24.3 Å². The molecule has 0 saturated heterocycles. The summed E-state index contributed by atoms with van der Waals surface area (Å²) in [4.78, 5) is 22.7. The molecule has 102 valence electrons. The zero-order chi connectivity index (χ0) is 14.4. The largest absolute Gasteiger partial charge is 0.478 e. The third-order valence-electron chi connectivity index (χ3n) is 3.16. The fourth-order valence-electron chi connectivity index (χ4n) is 2.15. The number of rotatable bonds is 6. The lowest BCUT2D eigenvalue weighted by atomic mass is 9.91. The fraction of sp³-hybridized carbons (Fsp3) is 0.375. The minimum absolute atomic E-state index is 0.223. The lowest BCUT2D eigenvalue weighted by molar-refractivity contribution is -0.131. The molecule has 0 aromatic heterocycles. The maximum atomic E-state index is 12.2. The third kappa shape index (κ3) is 3.78. The highest BCUT2D eigenvalue weighted by atomic mass is 16.4. The average Bonchev–Trinajstić information content (AvgIpc) is 2.42. The van der Waals surface area contributed by atoms with Crippen LogP contribution in [0.4, 0.5) is 0 Å². The molecule has 0 fully saturated rings. The minimum Gasteiger partial charge on any atom is -0.478 e. The standard InChI is InChI=1S/C16H20O3/c1-4-11-9-12(5-2)16(13(6-3)10-11)14(17)7-8-15(18)19/h7-10H,4-6H2,1-3H3,(H,18,19)/b8-7+. The molecule has 0 unspecified atom stereocenters. The number of benzene rings is 1.